The lowest BCUT2D eigenvalue weighted by molar-refractivity contribution is -0.137. The highest BCUT2D eigenvalue weighted by Gasteiger charge is 2.29. The first-order chi connectivity index (χ1) is 10.6. The number of amides is 1. The number of aromatic nitrogens is 1. The van der Waals surface area contributed by atoms with E-state index >= 15 is 0 Å². The molecule has 2 aromatic rings. The van der Waals surface area contributed by atoms with Crippen LogP contribution in [0, 0.1) is 0 Å². The second kappa shape index (κ2) is 6.01. The van der Waals surface area contributed by atoms with E-state index < -0.39 is 17.9 Å². The van der Waals surface area contributed by atoms with Crippen molar-refractivity contribution in [3.8, 4) is 0 Å². The number of nitrogens with one attached hydrogen (secondary N) is 1. The summed E-state index contributed by atoms with van der Waals surface area (Å²) >= 11 is 0. The Morgan fingerprint density at radius 1 is 1.32 bits per heavy atom. The van der Waals surface area contributed by atoms with E-state index in [4.69, 9.17) is 9.63 Å². The van der Waals surface area contributed by atoms with E-state index in [1.54, 1.807) is 30.3 Å². The fourth-order valence-corrected chi connectivity index (χ4v) is 2.30. The molecule has 1 fully saturated rings. The molecule has 1 amide bonds. The summed E-state index contributed by atoms with van der Waals surface area (Å²) in [5.41, 5.74) is 0.928. The van der Waals surface area contributed by atoms with Crippen LogP contribution in [0.3, 0.4) is 0 Å². The van der Waals surface area contributed by atoms with Gasteiger partial charge in [0.25, 0.3) is 5.91 Å². The van der Waals surface area contributed by atoms with Crippen molar-refractivity contribution in [3.05, 3.63) is 53.4 Å². The van der Waals surface area contributed by atoms with Crippen LogP contribution in [0.15, 0.2) is 40.9 Å². The van der Waals surface area contributed by atoms with E-state index in [9.17, 15) is 9.59 Å². The molecule has 1 aromatic heterocycles. The largest absolute Gasteiger partial charge is 0.481 e. The summed E-state index contributed by atoms with van der Waals surface area (Å²) in [6.45, 7) is 0. The maximum absolute atomic E-state index is 12.2. The van der Waals surface area contributed by atoms with E-state index in [2.05, 4.69) is 10.5 Å². The number of carboxylic acids is 1. The molecule has 2 N–H and O–H groups in total. The Morgan fingerprint density at radius 3 is 2.68 bits per heavy atom. The normalized spacial score (nSPS) is 15.3. The third-order valence-corrected chi connectivity index (χ3v) is 3.63. The Balaban J connectivity index is 1.73. The number of aliphatic carboxylic acids is 1. The Morgan fingerprint density at radius 2 is 2.05 bits per heavy atom. The monoisotopic (exact) mass is 300 g/mol. The fraction of sp³-hybridized carbons (Fsp3) is 0.312. The minimum Gasteiger partial charge on any atom is -0.481 e. The molecular weight excluding hydrogens is 284 g/mol. The third-order valence-electron chi connectivity index (χ3n) is 3.63. The van der Waals surface area contributed by atoms with Crippen LogP contribution in [-0.2, 0) is 4.79 Å². The third kappa shape index (κ3) is 3.33. The molecule has 22 heavy (non-hydrogen) atoms. The first kappa shape index (κ1) is 14.3. The van der Waals surface area contributed by atoms with E-state index in [1.807, 2.05) is 6.07 Å². The smallest absolute Gasteiger partial charge is 0.305 e. The van der Waals surface area contributed by atoms with Crippen LogP contribution in [0.5, 0.6) is 0 Å². The second-order valence-corrected chi connectivity index (χ2v) is 5.42. The van der Waals surface area contributed by atoms with Gasteiger partial charge < -0.3 is 14.9 Å². The molecular formula is C16H16N2O4. The minimum atomic E-state index is -0.979. The van der Waals surface area contributed by atoms with Crippen LogP contribution < -0.4 is 5.32 Å². The van der Waals surface area contributed by atoms with Gasteiger partial charge in [-0.1, -0.05) is 35.5 Å². The van der Waals surface area contributed by atoms with Crippen molar-refractivity contribution in [2.24, 2.45) is 0 Å². The maximum atomic E-state index is 12.2. The predicted molar refractivity (Wildman–Crippen MR) is 77.4 cm³/mol. The SMILES string of the molecule is O=C(O)CC(NC(=O)c1cc(C2CC2)on1)c1ccccc1. The van der Waals surface area contributed by atoms with Crippen molar-refractivity contribution in [1.29, 1.82) is 0 Å². The number of hydrogen-bond donors (Lipinski definition) is 2. The molecule has 0 aliphatic heterocycles. The van der Waals surface area contributed by atoms with Gasteiger partial charge in [-0.25, -0.2) is 0 Å². The molecule has 0 bridgehead atoms. The summed E-state index contributed by atoms with van der Waals surface area (Å²) in [7, 11) is 0. The molecule has 6 heteroatoms. The van der Waals surface area contributed by atoms with Crippen LogP contribution in [0.1, 0.15) is 53.0 Å². The van der Waals surface area contributed by atoms with Gasteiger partial charge >= 0.3 is 5.97 Å². The first-order valence-electron chi connectivity index (χ1n) is 7.17. The Kier molecular flexibility index (Phi) is 3.91. The highest BCUT2D eigenvalue weighted by molar-refractivity contribution is 5.92. The standard InChI is InChI=1S/C16H16N2O4/c19-15(20)9-12(10-4-2-1-3-5-10)17-16(21)13-8-14(22-18-13)11-6-7-11/h1-5,8,11-12H,6-7,9H2,(H,17,21)(H,19,20). The number of carbonyl (C=O) groups excluding carboxylic acids is 1. The van der Waals surface area contributed by atoms with Crippen molar-refractivity contribution in [2.45, 2.75) is 31.2 Å². The Bertz CT molecular complexity index is 676. The van der Waals surface area contributed by atoms with Crippen LogP contribution in [-0.4, -0.2) is 22.1 Å². The summed E-state index contributed by atoms with van der Waals surface area (Å²) in [6, 6.07) is 10.0. The molecule has 0 radical (unpaired) electrons. The number of rotatable bonds is 6. The van der Waals surface area contributed by atoms with Gasteiger partial charge in [0.15, 0.2) is 5.69 Å². The summed E-state index contributed by atoms with van der Waals surface area (Å²) in [5, 5.41) is 15.5. The summed E-state index contributed by atoms with van der Waals surface area (Å²) in [4.78, 5) is 23.3. The second-order valence-electron chi connectivity index (χ2n) is 5.42. The minimum absolute atomic E-state index is 0.188. The predicted octanol–water partition coefficient (Wildman–Crippen LogP) is 2.50. The van der Waals surface area contributed by atoms with Gasteiger partial charge in [-0.3, -0.25) is 9.59 Å². The number of nitrogens with zero attached hydrogens (tertiary/aromatic N) is 1. The molecule has 1 heterocycles. The highest BCUT2D eigenvalue weighted by Crippen LogP contribution is 2.40. The molecule has 1 unspecified atom stereocenters. The van der Waals surface area contributed by atoms with Crippen molar-refractivity contribution in [1.82, 2.24) is 10.5 Å². The zero-order chi connectivity index (χ0) is 15.5. The summed E-state index contributed by atoms with van der Waals surface area (Å²) in [5.74, 6) is -0.309. The van der Waals surface area contributed by atoms with E-state index in [0.29, 0.717) is 5.92 Å². The van der Waals surface area contributed by atoms with Crippen LogP contribution >= 0.6 is 0 Å². The van der Waals surface area contributed by atoms with E-state index in [1.165, 1.54) is 0 Å². The van der Waals surface area contributed by atoms with Gasteiger partial charge in [0.05, 0.1) is 12.5 Å². The van der Waals surface area contributed by atoms with Gasteiger partial charge in [0.2, 0.25) is 0 Å². The lowest BCUT2D eigenvalue weighted by atomic mass is 10.0. The summed E-state index contributed by atoms with van der Waals surface area (Å²) < 4.78 is 5.15. The van der Waals surface area contributed by atoms with Crippen LogP contribution in [0.4, 0.5) is 0 Å². The lowest BCUT2D eigenvalue weighted by Crippen LogP contribution is -2.30. The van der Waals surface area contributed by atoms with E-state index in [-0.39, 0.29) is 12.1 Å². The average Bonchev–Trinajstić information content (AvgIpc) is 3.24. The van der Waals surface area contributed by atoms with Gasteiger partial charge in [0, 0.05) is 12.0 Å². The molecule has 0 saturated heterocycles. The fourth-order valence-electron chi connectivity index (χ4n) is 2.30. The number of carbonyl (C=O) groups is 2. The first-order valence-corrected chi connectivity index (χ1v) is 7.17. The number of benzene rings is 1. The number of hydrogen-bond acceptors (Lipinski definition) is 4. The summed E-state index contributed by atoms with van der Waals surface area (Å²) in [6.07, 6.45) is 1.92. The van der Waals surface area contributed by atoms with Crippen LogP contribution in [0.25, 0.3) is 0 Å². The molecule has 3 rings (SSSR count). The van der Waals surface area contributed by atoms with Gasteiger partial charge in [-0.05, 0) is 18.4 Å². The molecule has 1 aliphatic rings. The quantitative estimate of drug-likeness (QED) is 0.855. The maximum Gasteiger partial charge on any atom is 0.305 e. The molecule has 0 spiro atoms. The van der Waals surface area contributed by atoms with Gasteiger partial charge in [-0.2, -0.15) is 0 Å². The molecule has 1 saturated carbocycles. The van der Waals surface area contributed by atoms with Gasteiger partial charge in [0.1, 0.15) is 5.76 Å². The molecule has 6 nitrogen and oxygen atoms in total. The molecule has 1 aromatic carbocycles. The zero-order valence-corrected chi connectivity index (χ0v) is 11.9. The topological polar surface area (TPSA) is 92.4 Å². The van der Waals surface area contributed by atoms with Crippen LogP contribution in [0.2, 0.25) is 0 Å². The molecule has 1 atom stereocenters. The lowest BCUT2D eigenvalue weighted by Gasteiger charge is -2.16. The molecule has 114 valence electrons. The van der Waals surface area contributed by atoms with E-state index in [0.717, 1.165) is 24.2 Å². The molecule has 1 aliphatic carbocycles. The number of carboxylic acid groups (broad SMARTS) is 1. The van der Waals surface area contributed by atoms with Crippen molar-refractivity contribution in [3.63, 3.8) is 0 Å². The van der Waals surface area contributed by atoms with Crippen molar-refractivity contribution < 1.29 is 19.2 Å². The zero-order valence-electron chi connectivity index (χ0n) is 11.9. The average molecular weight is 300 g/mol. The Hall–Kier alpha value is -2.63. The highest BCUT2D eigenvalue weighted by atomic mass is 16.5. The van der Waals surface area contributed by atoms with Gasteiger partial charge in [-0.15, -0.1) is 0 Å². The van der Waals surface area contributed by atoms with Crippen molar-refractivity contribution >= 4 is 11.9 Å². The Labute approximate surface area is 127 Å². The van der Waals surface area contributed by atoms with Crippen molar-refractivity contribution in [2.75, 3.05) is 0 Å².